The fraction of sp³-hybridized carbons (Fsp3) is 0.455. The van der Waals surface area contributed by atoms with Gasteiger partial charge < -0.3 is 5.11 Å². The number of nitro groups is 1. The molecule has 0 unspecified atom stereocenters. The molecule has 0 fully saturated rings. The van der Waals surface area contributed by atoms with Crippen LogP contribution in [-0.4, -0.2) is 43.0 Å². The van der Waals surface area contributed by atoms with E-state index in [1.807, 2.05) is 0 Å². The molecule has 0 saturated carbocycles. The second-order valence-corrected chi connectivity index (χ2v) is 6.65. The first-order chi connectivity index (χ1) is 9.21. The second kappa shape index (κ2) is 6.49. The van der Waals surface area contributed by atoms with Crippen LogP contribution in [0.4, 0.5) is 5.69 Å². The fourth-order valence-electron chi connectivity index (χ4n) is 1.65. The Morgan fingerprint density at radius 1 is 1.45 bits per heavy atom. The highest BCUT2D eigenvalue weighted by atomic mass is 35.5. The first-order valence-corrected chi connectivity index (χ1v) is 7.55. The Labute approximate surface area is 122 Å². The number of aliphatic hydroxyl groups excluding tert-OH is 1. The zero-order valence-corrected chi connectivity index (χ0v) is 12.6. The van der Waals surface area contributed by atoms with Gasteiger partial charge in [0.15, 0.2) is 0 Å². The van der Waals surface area contributed by atoms with Crippen LogP contribution in [0.3, 0.4) is 0 Å². The van der Waals surface area contributed by atoms with Crippen molar-refractivity contribution in [3.63, 3.8) is 0 Å². The Morgan fingerprint density at radius 2 is 2.05 bits per heavy atom. The van der Waals surface area contributed by atoms with Crippen LogP contribution in [0.15, 0.2) is 17.0 Å². The summed E-state index contributed by atoms with van der Waals surface area (Å²) < 4.78 is 25.7. The van der Waals surface area contributed by atoms with E-state index in [1.165, 1.54) is 14.0 Å². The van der Waals surface area contributed by atoms with Gasteiger partial charge in [-0.2, -0.15) is 0 Å². The minimum Gasteiger partial charge on any atom is -0.396 e. The van der Waals surface area contributed by atoms with Crippen LogP contribution in [0.1, 0.15) is 12.0 Å². The van der Waals surface area contributed by atoms with E-state index in [9.17, 15) is 18.5 Å². The number of nitrogens with zero attached hydrogens (tertiary/aromatic N) is 2. The molecule has 0 amide bonds. The van der Waals surface area contributed by atoms with Gasteiger partial charge in [0.25, 0.3) is 5.69 Å². The summed E-state index contributed by atoms with van der Waals surface area (Å²) in [5.74, 6) is 0. The summed E-state index contributed by atoms with van der Waals surface area (Å²) in [6, 6.07) is 2.22. The quantitative estimate of drug-likeness (QED) is 0.632. The van der Waals surface area contributed by atoms with Gasteiger partial charge in [0, 0.05) is 26.3 Å². The number of halogens is 1. The minimum atomic E-state index is -3.79. The number of rotatable bonds is 6. The van der Waals surface area contributed by atoms with Crippen molar-refractivity contribution in [2.24, 2.45) is 0 Å². The molecule has 0 heterocycles. The fourth-order valence-corrected chi connectivity index (χ4v) is 3.38. The Morgan fingerprint density at radius 3 is 2.55 bits per heavy atom. The smallest absolute Gasteiger partial charge is 0.288 e. The lowest BCUT2D eigenvalue weighted by atomic mass is 10.2. The van der Waals surface area contributed by atoms with Crippen LogP contribution < -0.4 is 0 Å². The van der Waals surface area contributed by atoms with E-state index in [0.717, 1.165) is 16.4 Å². The highest BCUT2D eigenvalue weighted by Gasteiger charge is 2.26. The van der Waals surface area contributed by atoms with Crippen molar-refractivity contribution in [3.05, 3.63) is 32.8 Å². The third-order valence-corrected chi connectivity index (χ3v) is 5.06. The lowest BCUT2D eigenvalue weighted by Crippen LogP contribution is -2.29. The highest BCUT2D eigenvalue weighted by Crippen LogP contribution is 2.31. The average Bonchev–Trinajstić information content (AvgIpc) is 2.37. The monoisotopic (exact) mass is 322 g/mol. The SMILES string of the molecule is Cc1cc([N+](=O)[O-])c(Cl)cc1S(=O)(=O)N(C)CCCO. The van der Waals surface area contributed by atoms with E-state index in [0.29, 0.717) is 6.42 Å². The zero-order chi connectivity index (χ0) is 15.5. The number of sulfonamides is 1. The molecule has 0 radical (unpaired) electrons. The van der Waals surface area contributed by atoms with E-state index in [1.54, 1.807) is 0 Å². The predicted molar refractivity (Wildman–Crippen MR) is 74.4 cm³/mol. The molecular formula is C11H15ClN2O5S. The van der Waals surface area contributed by atoms with E-state index < -0.39 is 14.9 Å². The zero-order valence-electron chi connectivity index (χ0n) is 11.0. The molecule has 0 aromatic heterocycles. The van der Waals surface area contributed by atoms with E-state index in [2.05, 4.69) is 0 Å². The first kappa shape index (κ1) is 16.8. The Bertz CT molecular complexity index is 617. The normalized spacial score (nSPS) is 11.8. The molecule has 7 nitrogen and oxygen atoms in total. The Hall–Kier alpha value is -1.22. The molecule has 0 aliphatic carbocycles. The topological polar surface area (TPSA) is 101 Å². The molecule has 9 heteroatoms. The first-order valence-electron chi connectivity index (χ1n) is 5.73. The molecule has 1 rings (SSSR count). The van der Waals surface area contributed by atoms with Gasteiger partial charge in [0.2, 0.25) is 10.0 Å². The highest BCUT2D eigenvalue weighted by molar-refractivity contribution is 7.89. The van der Waals surface area contributed by atoms with Gasteiger partial charge in [-0.05, 0) is 25.0 Å². The van der Waals surface area contributed by atoms with Gasteiger partial charge >= 0.3 is 0 Å². The van der Waals surface area contributed by atoms with Crippen molar-refractivity contribution < 1.29 is 18.4 Å². The summed E-state index contributed by atoms with van der Waals surface area (Å²) in [6.07, 6.45) is 0.301. The second-order valence-electron chi connectivity index (χ2n) is 4.23. The number of nitro benzene ring substituents is 1. The van der Waals surface area contributed by atoms with Crippen molar-refractivity contribution in [3.8, 4) is 0 Å². The van der Waals surface area contributed by atoms with Crippen molar-refractivity contribution >= 4 is 27.3 Å². The molecule has 0 atom stereocenters. The van der Waals surface area contributed by atoms with Gasteiger partial charge in [-0.1, -0.05) is 11.6 Å². The molecule has 1 aromatic rings. The predicted octanol–water partition coefficient (Wildman–Crippen LogP) is 1.56. The van der Waals surface area contributed by atoms with Crippen molar-refractivity contribution in [1.29, 1.82) is 0 Å². The standard InChI is InChI=1S/C11H15ClN2O5S/c1-8-6-10(14(16)17)9(12)7-11(8)20(18,19)13(2)4-3-5-15/h6-7,15H,3-5H2,1-2H3. The van der Waals surface area contributed by atoms with Crippen molar-refractivity contribution in [2.75, 3.05) is 20.2 Å². The van der Waals surface area contributed by atoms with Crippen LogP contribution in [0.25, 0.3) is 0 Å². The van der Waals surface area contributed by atoms with Crippen molar-refractivity contribution in [2.45, 2.75) is 18.2 Å². The third-order valence-electron chi connectivity index (χ3n) is 2.76. The van der Waals surface area contributed by atoms with Crippen molar-refractivity contribution in [1.82, 2.24) is 4.31 Å². The molecule has 0 aliphatic heterocycles. The summed E-state index contributed by atoms with van der Waals surface area (Å²) >= 11 is 5.75. The molecule has 0 aliphatic rings. The molecule has 1 N–H and O–H groups in total. The van der Waals surface area contributed by atoms with Crippen LogP contribution in [0, 0.1) is 17.0 Å². The third kappa shape index (κ3) is 3.45. The van der Waals surface area contributed by atoms with E-state index in [-0.39, 0.29) is 34.3 Å². The maximum absolute atomic E-state index is 12.3. The molecule has 20 heavy (non-hydrogen) atoms. The van der Waals surface area contributed by atoms with Gasteiger partial charge in [-0.25, -0.2) is 12.7 Å². The van der Waals surface area contributed by atoms with Gasteiger partial charge in [-0.3, -0.25) is 10.1 Å². The van der Waals surface area contributed by atoms with Gasteiger partial charge in [0.1, 0.15) is 5.02 Å². The average molecular weight is 323 g/mol. The summed E-state index contributed by atoms with van der Waals surface area (Å²) in [4.78, 5) is 10.0. The van der Waals surface area contributed by atoms with Crippen LogP contribution in [-0.2, 0) is 10.0 Å². The van der Waals surface area contributed by atoms with Crippen LogP contribution >= 0.6 is 11.6 Å². The number of hydrogen-bond acceptors (Lipinski definition) is 5. The summed E-state index contributed by atoms with van der Waals surface area (Å²) in [5.41, 5.74) is -0.0851. The van der Waals surface area contributed by atoms with Gasteiger partial charge in [-0.15, -0.1) is 0 Å². The lowest BCUT2D eigenvalue weighted by Gasteiger charge is -2.18. The summed E-state index contributed by atoms with van der Waals surface area (Å²) in [6.45, 7) is 1.49. The van der Waals surface area contributed by atoms with E-state index in [4.69, 9.17) is 16.7 Å². The Balaban J connectivity index is 3.26. The molecule has 112 valence electrons. The summed E-state index contributed by atoms with van der Waals surface area (Å²) in [5, 5.41) is 19.2. The maximum Gasteiger partial charge on any atom is 0.288 e. The summed E-state index contributed by atoms with van der Waals surface area (Å²) in [7, 11) is -2.42. The number of hydrogen-bond donors (Lipinski definition) is 1. The number of aliphatic hydroxyl groups is 1. The van der Waals surface area contributed by atoms with Gasteiger partial charge in [0.05, 0.1) is 9.82 Å². The number of benzene rings is 1. The molecule has 1 aromatic carbocycles. The minimum absolute atomic E-state index is 0.0754. The molecule has 0 bridgehead atoms. The lowest BCUT2D eigenvalue weighted by molar-refractivity contribution is -0.384. The number of aryl methyl sites for hydroxylation is 1. The van der Waals surface area contributed by atoms with E-state index >= 15 is 0 Å². The molecular weight excluding hydrogens is 308 g/mol. The van der Waals surface area contributed by atoms with Crippen LogP contribution in [0.5, 0.6) is 0 Å². The Kier molecular flexibility index (Phi) is 5.46. The largest absolute Gasteiger partial charge is 0.396 e. The van der Waals surface area contributed by atoms with Crippen LogP contribution in [0.2, 0.25) is 5.02 Å². The molecule has 0 saturated heterocycles. The molecule has 0 spiro atoms. The maximum atomic E-state index is 12.3.